The third-order valence-corrected chi connectivity index (χ3v) is 3.13. The van der Waals surface area contributed by atoms with Crippen molar-refractivity contribution in [3.63, 3.8) is 0 Å². The van der Waals surface area contributed by atoms with Gasteiger partial charge in [0.25, 0.3) is 0 Å². The van der Waals surface area contributed by atoms with E-state index < -0.39 is 0 Å². The first-order valence-corrected chi connectivity index (χ1v) is 5.95. The summed E-state index contributed by atoms with van der Waals surface area (Å²) in [5, 5.41) is 21.5. The number of anilines is 1. The number of nitrogens with zero attached hydrogens (tertiary/aromatic N) is 1. The molecule has 4 heteroatoms. The highest BCUT2D eigenvalue weighted by molar-refractivity contribution is 9.10. The highest BCUT2D eigenvalue weighted by Crippen LogP contribution is 2.25. The Kier molecular flexibility index (Phi) is 4.78. The van der Waals surface area contributed by atoms with Gasteiger partial charge in [-0.25, -0.2) is 0 Å². The fourth-order valence-corrected chi connectivity index (χ4v) is 1.84. The Bertz CT molecular complexity index is 398. The number of hydrogen-bond acceptors (Lipinski definition) is 3. The Hall–Kier alpha value is -1.05. The third kappa shape index (κ3) is 2.97. The second-order valence-corrected chi connectivity index (χ2v) is 4.81. The van der Waals surface area contributed by atoms with Crippen LogP contribution in [0.15, 0.2) is 22.7 Å². The largest absolute Gasteiger partial charge is 0.394 e. The number of aliphatic hydroxyl groups excluding tert-OH is 1. The van der Waals surface area contributed by atoms with Crippen molar-refractivity contribution in [3.05, 3.63) is 28.2 Å². The lowest BCUT2D eigenvalue weighted by Gasteiger charge is -2.22. The van der Waals surface area contributed by atoms with Gasteiger partial charge < -0.3 is 10.4 Å². The molecule has 0 amide bonds. The van der Waals surface area contributed by atoms with Crippen molar-refractivity contribution in [2.75, 3.05) is 11.9 Å². The second kappa shape index (κ2) is 5.88. The van der Waals surface area contributed by atoms with E-state index in [1.807, 2.05) is 32.0 Å². The van der Waals surface area contributed by atoms with Gasteiger partial charge in [0, 0.05) is 4.47 Å². The normalized spacial score (nSPS) is 12.2. The van der Waals surface area contributed by atoms with Crippen LogP contribution < -0.4 is 5.32 Å². The summed E-state index contributed by atoms with van der Waals surface area (Å²) in [5.41, 5.74) is 1.33. The molecule has 0 fully saturated rings. The molecule has 1 aromatic carbocycles. The molecule has 0 bridgehead atoms. The van der Waals surface area contributed by atoms with Crippen LogP contribution in [-0.2, 0) is 0 Å². The molecule has 1 unspecified atom stereocenters. The van der Waals surface area contributed by atoms with Crippen LogP contribution in [0.4, 0.5) is 5.69 Å². The molecule has 1 atom stereocenters. The summed E-state index contributed by atoms with van der Waals surface area (Å²) in [6.45, 7) is 4.10. The predicted molar refractivity (Wildman–Crippen MR) is 68.2 cm³/mol. The minimum Gasteiger partial charge on any atom is -0.394 e. The van der Waals surface area contributed by atoms with Gasteiger partial charge in [-0.1, -0.05) is 19.9 Å². The van der Waals surface area contributed by atoms with Crippen molar-refractivity contribution < 1.29 is 5.11 Å². The molecule has 0 aliphatic heterocycles. The Morgan fingerprint density at radius 3 is 2.69 bits per heavy atom. The van der Waals surface area contributed by atoms with E-state index in [1.165, 1.54) is 0 Å². The Labute approximate surface area is 104 Å². The van der Waals surface area contributed by atoms with Crippen molar-refractivity contribution in [1.82, 2.24) is 0 Å². The monoisotopic (exact) mass is 282 g/mol. The number of nitrogens with one attached hydrogen (secondary N) is 1. The average Bonchev–Trinajstić information content (AvgIpc) is 2.25. The third-order valence-electron chi connectivity index (χ3n) is 2.47. The number of nitriles is 1. The van der Waals surface area contributed by atoms with Gasteiger partial charge in [-0.15, -0.1) is 0 Å². The average molecular weight is 283 g/mol. The van der Waals surface area contributed by atoms with Gasteiger partial charge in [-0.3, -0.25) is 0 Å². The lowest BCUT2D eigenvalue weighted by atomic mass is 10.0. The molecule has 1 aromatic rings. The maximum absolute atomic E-state index is 9.23. The quantitative estimate of drug-likeness (QED) is 0.893. The summed E-state index contributed by atoms with van der Waals surface area (Å²) in [6, 6.07) is 7.63. The molecule has 0 saturated heterocycles. The summed E-state index contributed by atoms with van der Waals surface area (Å²) in [5.74, 6) is 0.301. The first-order valence-electron chi connectivity index (χ1n) is 5.16. The van der Waals surface area contributed by atoms with E-state index in [-0.39, 0.29) is 12.6 Å². The van der Waals surface area contributed by atoms with Crippen molar-refractivity contribution in [2.45, 2.75) is 19.9 Å². The van der Waals surface area contributed by atoms with Gasteiger partial charge in [-0.2, -0.15) is 5.26 Å². The van der Waals surface area contributed by atoms with E-state index in [0.717, 1.165) is 10.2 Å². The molecule has 86 valence electrons. The van der Waals surface area contributed by atoms with E-state index in [9.17, 15) is 5.11 Å². The van der Waals surface area contributed by atoms with Gasteiger partial charge in [0.1, 0.15) is 6.07 Å². The van der Waals surface area contributed by atoms with Gasteiger partial charge in [0.2, 0.25) is 0 Å². The molecule has 0 radical (unpaired) electrons. The summed E-state index contributed by atoms with van der Waals surface area (Å²) in [7, 11) is 0. The van der Waals surface area contributed by atoms with E-state index in [2.05, 4.69) is 27.3 Å². The zero-order chi connectivity index (χ0) is 12.1. The van der Waals surface area contributed by atoms with Crippen LogP contribution in [0.2, 0.25) is 0 Å². The summed E-state index contributed by atoms with van der Waals surface area (Å²) in [6.07, 6.45) is 0. The number of rotatable bonds is 4. The van der Waals surface area contributed by atoms with E-state index >= 15 is 0 Å². The minimum absolute atomic E-state index is 0.0404. The molecule has 1 rings (SSSR count). The van der Waals surface area contributed by atoms with Crippen molar-refractivity contribution in [3.8, 4) is 6.07 Å². The van der Waals surface area contributed by atoms with Crippen LogP contribution in [0.25, 0.3) is 0 Å². The van der Waals surface area contributed by atoms with Crippen molar-refractivity contribution >= 4 is 21.6 Å². The molecular weight excluding hydrogens is 268 g/mol. The second-order valence-electron chi connectivity index (χ2n) is 3.95. The first-order chi connectivity index (χ1) is 7.60. The lowest BCUT2D eigenvalue weighted by molar-refractivity contribution is 0.249. The fraction of sp³-hybridized carbons (Fsp3) is 0.417. The topological polar surface area (TPSA) is 56.0 Å². The van der Waals surface area contributed by atoms with Crippen LogP contribution in [0, 0.1) is 17.2 Å². The van der Waals surface area contributed by atoms with Gasteiger partial charge >= 0.3 is 0 Å². The van der Waals surface area contributed by atoms with Crippen LogP contribution in [0.5, 0.6) is 0 Å². The molecule has 3 nitrogen and oxygen atoms in total. The predicted octanol–water partition coefficient (Wildman–Crippen LogP) is 2.75. The minimum atomic E-state index is -0.0404. The van der Waals surface area contributed by atoms with Gasteiger partial charge in [0.15, 0.2) is 0 Å². The number of halogens is 1. The molecule has 16 heavy (non-hydrogen) atoms. The molecule has 0 aliphatic rings. The Morgan fingerprint density at radius 1 is 1.50 bits per heavy atom. The first kappa shape index (κ1) is 13.0. The summed E-state index contributed by atoms with van der Waals surface area (Å²) < 4.78 is 0.764. The van der Waals surface area contributed by atoms with Gasteiger partial charge in [0.05, 0.1) is 23.9 Å². The zero-order valence-electron chi connectivity index (χ0n) is 9.37. The maximum Gasteiger partial charge on any atom is 0.103 e. The van der Waals surface area contributed by atoms with E-state index in [0.29, 0.717) is 11.5 Å². The van der Waals surface area contributed by atoms with E-state index in [4.69, 9.17) is 5.26 Å². The van der Waals surface area contributed by atoms with Crippen LogP contribution in [0.3, 0.4) is 0 Å². The molecule has 0 saturated carbocycles. The number of aliphatic hydroxyl groups is 1. The summed E-state index contributed by atoms with van der Waals surface area (Å²) >= 11 is 3.33. The number of hydrogen-bond donors (Lipinski definition) is 2. The smallest absolute Gasteiger partial charge is 0.103 e. The SMILES string of the molecule is CC(C)C(CO)Nc1cccc(Br)c1C#N. The zero-order valence-corrected chi connectivity index (χ0v) is 11.0. The Balaban J connectivity index is 2.97. The molecule has 0 aromatic heterocycles. The highest BCUT2D eigenvalue weighted by atomic mass is 79.9. The van der Waals surface area contributed by atoms with E-state index in [1.54, 1.807) is 0 Å². The number of benzene rings is 1. The Morgan fingerprint density at radius 2 is 2.19 bits per heavy atom. The van der Waals surface area contributed by atoms with Crippen LogP contribution in [-0.4, -0.2) is 17.8 Å². The molecule has 0 spiro atoms. The maximum atomic E-state index is 9.23. The lowest BCUT2D eigenvalue weighted by Crippen LogP contribution is -2.29. The van der Waals surface area contributed by atoms with Crippen LogP contribution in [0.1, 0.15) is 19.4 Å². The fourth-order valence-electron chi connectivity index (χ4n) is 1.38. The molecule has 2 N–H and O–H groups in total. The molecule has 0 heterocycles. The van der Waals surface area contributed by atoms with Crippen molar-refractivity contribution in [1.29, 1.82) is 5.26 Å². The summed E-state index contributed by atoms with van der Waals surface area (Å²) in [4.78, 5) is 0. The molecule has 0 aliphatic carbocycles. The standard InChI is InChI=1S/C12H15BrN2O/c1-8(2)12(7-16)15-11-5-3-4-10(13)9(11)6-14/h3-5,8,12,15-16H,7H2,1-2H3. The van der Waals surface area contributed by atoms with Gasteiger partial charge in [-0.05, 0) is 34.0 Å². The van der Waals surface area contributed by atoms with Crippen LogP contribution >= 0.6 is 15.9 Å². The molecular formula is C12H15BrN2O. The van der Waals surface area contributed by atoms with Crippen molar-refractivity contribution in [2.24, 2.45) is 5.92 Å². The highest BCUT2D eigenvalue weighted by Gasteiger charge is 2.14.